The number of aryl methyl sites for hydroxylation is 3. The van der Waals surface area contributed by atoms with Crippen LogP contribution in [0, 0.1) is 20.8 Å². The standard InChI is InChI=1S/C10H10N3O.C9H12O3S/c11-13-7-6-12(8-13)10(14)9-4-2-1-3-5-9;1-6-4-7(2)9(8(3)5-6)13(10,11)12/h1-8H,11H2;4-5H,1-3H3,(H,10,11,12)/q+1;/p-1. The van der Waals surface area contributed by atoms with Crippen LogP contribution in [0.2, 0.25) is 0 Å². The third-order valence-corrected chi connectivity index (χ3v) is 4.91. The Morgan fingerprint density at radius 3 is 2.07 bits per heavy atom. The number of hydrogen-bond donors (Lipinski definition) is 1. The first-order chi connectivity index (χ1) is 12.6. The van der Waals surface area contributed by atoms with E-state index in [1.54, 1.807) is 50.5 Å². The first-order valence-corrected chi connectivity index (χ1v) is 9.48. The molecule has 0 bridgehead atoms. The molecule has 0 radical (unpaired) electrons. The lowest BCUT2D eigenvalue weighted by atomic mass is 10.1. The summed E-state index contributed by atoms with van der Waals surface area (Å²) in [5.41, 5.74) is 2.64. The number of nitrogen functional groups attached to an aromatic ring is 1. The quantitative estimate of drug-likeness (QED) is 0.409. The minimum Gasteiger partial charge on any atom is -0.744 e. The molecule has 27 heavy (non-hydrogen) atoms. The number of rotatable bonds is 2. The summed E-state index contributed by atoms with van der Waals surface area (Å²) in [6.07, 6.45) is 4.76. The Kier molecular flexibility index (Phi) is 6.14. The van der Waals surface area contributed by atoms with Crippen molar-refractivity contribution >= 4 is 16.0 Å². The maximum absolute atomic E-state index is 11.8. The Labute approximate surface area is 158 Å². The van der Waals surface area contributed by atoms with Gasteiger partial charge in [0.2, 0.25) is 0 Å². The highest BCUT2D eigenvalue weighted by atomic mass is 32.2. The van der Waals surface area contributed by atoms with Crippen molar-refractivity contribution in [3.63, 3.8) is 0 Å². The molecule has 0 spiro atoms. The summed E-state index contributed by atoms with van der Waals surface area (Å²) >= 11 is 0. The van der Waals surface area contributed by atoms with Gasteiger partial charge in [0.15, 0.2) is 6.20 Å². The van der Waals surface area contributed by atoms with Crippen LogP contribution in [0.25, 0.3) is 0 Å². The first kappa shape index (κ1) is 20.3. The van der Waals surface area contributed by atoms with Crippen LogP contribution in [-0.4, -0.2) is 23.4 Å². The molecule has 0 saturated heterocycles. The molecule has 0 saturated carbocycles. The van der Waals surface area contributed by atoms with Crippen molar-refractivity contribution in [2.24, 2.45) is 0 Å². The molecule has 0 amide bonds. The fraction of sp³-hybridized carbons (Fsp3) is 0.158. The zero-order chi connectivity index (χ0) is 20.2. The number of hydrogen-bond acceptors (Lipinski definition) is 5. The van der Waals surface area contributed by atoms with E-state index < -0.39 is 10.1 Å². The van der Waals surface area contributed by atoms with Gasteiger partial charge in [-0.05, 0) is 44.0 Å². The normalized spacial score (nSPS) is 10.8. The number of nitrogens with zero attached hydrogens (tertiary/aromatic N) is 2. The average Bonchev–Trinajstić information content (AvgIpc) is 3.00. The van der Waals surface area contributed by atoms with Crippen LogP contribution in [0.1, 0.15) is 27.0 Å². The van der Waals surface area contributed by atoms with Gasteiger partial charge in [-0.25, -0.2) is 13.2 Å². The van der Waals surface area contributed by atoms with E-state index in [1.165, 1.54) is 15.6 Å². The van der Waals surface area contributed by atoms with Crippen molar-refractivity contribution in [2.45, 2.75) is 25.7 Å². The van der Waals surface area contributed by atoms with Gasteiger partial charge in [0.25, 0.3) is 6.33 Å². The van der Waals surface area contributed by atoms with Gasteiger partial charge < -0.3 is 4.55 Å². The molecule has 1 heterocycles. The summed E-state index contributed by atoms with van der Waals surface area (Å²) < 4.78 is 35.3. The third kappa shape index (κ3) is 5.25. The van der Waals surface area contributed by atoms with Gasteiger partial charge in [0, 0.05) is 0 Å². The maximum Gasteiger partial charge on any atom is 0.345 e. The minimum absolute atomic E-state index is 0.0851. The largest absolute Gasteiger partial charge is 0.744 e. The van der Waals surface area contributed by atoms with Crippen LogP contribution in [0.5, 0.6) is 0 Å². The first-order valence-electron chi connectivity index (χ1n) is 8.07. The maximum atomic E-state index is 11.8. The van der Waals surface area contributed by atoms with Crippen molar-refractivity contribution in [1.82, 2.24) is 4.57 Å². The smallest absolute Gasteiger partial charge is 0.345 e. The summed E-state index contributed by atoms with van der Waals surface area (Å²) in [5.74, 6) is 5.35. The summed E-state index contributed by atoms with van der Waals surface area (Å²) in [7, 11) is -4.33. The SMILES string of the molecule is Cc1cc(C)c(S(=O)(=O)[O-])c(C)c1.N[n+]1ccn(C(=O)c2ccccc2)c1. The van der Waals surface area contributed by atoms with E-state index in [-0.39, 0.29) is 10.8 Å². The van der Waals surface area contributed by atoms with Crippen molar-refractivity contribution in [3.8, 4) is 0 Å². The lowest BCUT2D eigenvalue weighted by Crippen LogP contribution is -2.42. The van der Waals surface area contributed by atoms with E-state index in [0.29, 0.717) is 16.7 Å². The molecular weight excluding hydrogens is 366 g/mol. The van der Waals surface area contributed by atoms with E-state index in [9.17, 15) is 17.8 Å². The number of carbonyl (C=O) groups is 1. The Morgan fingerprint density at radius 1 is 1.07 bits per heavy atom. The Balaban J connectivity index is 0.000000194. The average molecular weight is 387 g/mol. The second kappa shape index (κ2) is 8.15. The topological polar surface area (TPSA) is 109 Å². The molecule has 1 aromatic heterocycles. The van der Waals surface area contributed by atoms with E-state index in [4.69, 9.17) is 5.84 Å². The number of benzene rings is 2. The second-order valence-corrected chi connectivity index (χ2v) is 7.44. The molecule has 142 valence electrons. The Morgan fingerprint density at radius 2 is 1.63 bits per heavy atom. The number of aromatic nitrogens is 2. The number of carbonyl (C=O) groups excluding carboxylic acids is 1. The van der Waals surface area contributed by atoms with Crippen molar-refractivity contribution in [3.05, 3.63) is 83.4 Å². The molecule has 3 aromatic rings. The number of nitrogens with two attached hydrogens (primary N) is 1. The van der Waals surface area contributed by atoms with Gasteiger partial charge in [-0.3, -0.25) is 5.84 Å². The minimum atomic E-state index is -4.33. The fourth-order valence-corrected chi connectivity index (χ4v) is 3.69. The van der Waals surface area contributed by atoms with Crippen molar-refractivity contribution < 1.29 is 22.4 Å². The molecule has 0 fully saturated rings. The lowest BCUT2D eigenvalue weighted by molar-refractivity contribution is -0.637. The van der Waals surface area contributed by atoms with E-state index in [2.05, 4.69) is 0 Å². The van der Waals surface area contributed by atoms with E-state index in [1.807, 2.05) is 25.1 Å². The molecule has 0 aliphatic rings. The molecule has 3 rings (SSSR count). The van der Waals surface area contributed by atoms with Crippen LogP contribution in [0.3, 0.4) is 0 Å². The summed E-state index contributed by atoms with van der Waals surface area (Å²) in [5, 5.41) is 0. The van der Waals surface area contributed by atoms with Crippen LogP contribution in [0.15, 0.2) is 66.1 Å². The molecule has 0 aliphatic heterocycles. The lowest BCUT2D eigenvalue weighted by Gasteiger charge is -2.14. The molecule has 8 heteroatoms. The summed E-state index contributed by atoms with van der Waals surface area (Å²) in [6, 6.07) is 12.4. The molecule has 2 N–H and O–H groups in total. The van der Waals surface area contributed by atoms with Gasteiger partial charge in [-0.15, -0.1) is 4.68 Å². The van der Waals surface area contributed by atoms with Gasteiger partial charge >= 0.3 is 5.91 Å². The predicted molar refractivity (Wildman–Crippen MR) is 99.6 cm³/mol. The van der Waals surface area contributed by atoms with Crippen LogP contribution in [0.4, 0.5) is 0 Å². The zero-order valence-electron chi connectivity index (χ0n) is 15.3. The van der Waals surface area contributed by atoms with Gasteiger partial charge in [0.1, 0.15) is 16.3 Å². The Bertz CT molecular complexity index is 1030. The molecule has 0 atom stereocenters. The van der Waals surface area contributed by atoms with Crippen molar-refractivity contribution in [1.29, 1.82) is 0 Å². The fourth-order valence-electron chi connectivity index (χ4n) is 2.78. The molecular formula is C19H21N3O4S. The number of imidazole rings is 1. The third-order valence-electron chi connectivity index (χ3n) is 3.77. The predicted octanol–water partition coefficient (Wildman–Crippen LogP) is 1.69. The molecule has 0 aliphatic carbocycles. The highest BCUT2D eigenvalue weighted by molar-refractivity contribution is 7.85. The van der Waals surface area contributed by atoms with E-state index >= 15 is 0 Å². The molecule has 7 nitrogen and oxygen atoms in total. The van der Waals surface area contributed by atoms with Gasteiger partial charge in [-0.1, -0.05) is 35.9 Å². The highest BCUT2D eigenvalue weighted by Crippen LogP contribution is 2.20. The molecule has 0 unspecified atom stereocenters. The van der Waals surface area contributed by atoms with Crippen molar-refractivity contribution in [2.75, 3.05) is 5.84 Å². The Hall–Kier alpha value is -2.97. The summed E-state index contributed by atoms with van der Waals surface area (Å²) in [4.78, 5) is 11.7. The van der Waals surface area contributed by atoms with E-state index in [0.717, 1.165) is 5.56 Å². The van der Waals surface area contributed by atoms with Crippen LogP contribution in [-0.2, 0) is 10.1 Å². The van der Waals surface area contributed by atoms with Gasteiger partial charge in [0.05, 0.1) is 10.5 Å². The summed E-state index contributed by atoms with van der Waals surface area (Å²) in [6.45, 7) is 5.12. The molecule has 2 aromatic carbocycles. The zero-order valence-corrected chi connectivity index (χ0v) is 16.1. The van der Waals surface area contributed by atoms with Gasteiger partial charge in [-0.2, -0.15) is 4.57 Å². The second-order valence-electron chi connectivity index (χ2n) is 6.12. The van der Waals surface area contributed by atoms with Crippen LogP contribution >= 0.6 is 0 Å². The highest BCUT2D eigenvalue weighted by Gasteiger charge is 2.13. The monoisotopic (exact) mass is 387 g/mol. The van der Waals surface area contributed by atoms with Crippen LogP contribution < -0.4 is 10.5 Å².